The highest BCUT2D eigenvalue weighted by Crippen LogP contribution is 2.38. The summed E-state index contributed by atoms with van der Waals surface area (Å²) in [7, 11) is 0. The molecule has 2 aliphatic rings. The SMILES string of the molecule is CC(C)OCCN1CC(C(C)(C)C)NCC12CCCC2. The molecule has 3 nitrogen and oxygen atoms in total. The Kier molecular flexibility index (Phi) is 5.14. The van der Waals surface area contributed by atoms with E-state index >= 15 is 0 Å². The van der Waals surface area contributed by atoms with Gasteiger partial charge in [-0.3, -0.25) is 4.90 Å². The van der Waals surface area contributed by atoms with Gasteiger partial charge in [-0.15, -0.1) is 0 Å². The highest BCUT2D eigenvalue weighted by Gasteiger charge is 2.45. The van der Waals surface area contributed by atoms with E-state index in [1.54, 1.807) is 0 Å². The van der Waals surface area contributed by atoms with Crippen LogP contribution in [0.1, 0.15) is 60.3 Å². The summed E-state index contributed by atoms with van der Waals surface area (Å²) in [4.78, 5) is 2.74. The van der Waals surface area contributed by atoms with Crippen LogP contribution in [0, 0.1) is 5.41 Å². The van der Waals surface area contributed by atoms with E-state index in [4.69, 9.17) is 4.74 Å². The summed E-state index contributed by atoms with van der Waals surface area (Å²) in [6.07, 6.45) is 5.85. The molecule has 3 heteroatoms. The zero-order valence-electron chi connectivity index (χ0n) is 14.2. The van der Waals surface area contributed by atoms with E-state index in [0.29, 0.717) is 23.1 Å². The summed E-state index contributed by atoms with van der Waals surface area (Å²) in [5.74, 6) is 0. The Morgan fingerprint density at radius 2 is 1.90 bits per heavy atom. The van der Waals surface area contributed by atoms with E-state index in [2.05, 4.69) is 44.8 Å². The average molecular weight is 282 g/mol. The molecule has 0 bridgehead atoms. The Balaban J connectivity index is 1.99. The van der Waals surface area contributed by atoms with Crippen LogP contribution < -0.4 is 5.32 Å². The lowest BCUT2D eigenvalue weighted by atomic mass is 9.81. The summed E-state index contributed by atoms with van der Waals surface area (Å²) in [6.45, 7) is 15.6. The average Bonchev–Trinajstić information content (AvgIpc) is 2.79. The van der Waals surface area contributed by atoms with Gasteiger partial charge in [0.05, 0.1) is 12.7 Å². The van der Waals surface area contributed by atoms with Crippen molar-refractivity contribution in [3.05, 3.63) is 0 Å². The summed E-state index contributed by atoms with van der Waals surface area (Å²) in [5, 5.41) is 3.84. The van der Waals surface area contributed by atoms with Crippen LogP contribution >= 0.6 is 0 Å². The molecule has 1 atom stereocenters. The number of nitrogens with zero attached hydrogens (tertiary/aromatic N) is 1. The van der Waals surface area contributed by atoms with Crippen molar-refractivity contribution in [1.29, 1.82) is 0 Å². The first-order chi connectivity index (χ1) is 9.33. The quantitative estimate of drug-likeness (QED) is 0.858. The van der Waals surface area contributed by atoms with Gasteiger partial charge in [0.1, 0.15) is 0 Å². The summed E-state index contributed by atoms with van der Waals surface area (Å²) in [5.41, 5.74) is 0.749. The topological polar surface area (TPSA) is 24.5 Å². The number of hydrogen-bond donors (Lipinski definition) is 1. The van der Waals surface area contributed by atoms with Crippen LogP contribution in [0.2, 0.25) is 0 Å². The minimum Gasteiger partial charge on any atom is -0.377 e. The number of ether oxygens (including phenoxy) is 1. The third-order valence-electron chi connectivity index (χ3n) is 5.14. The van der Waals surface area contributed by atoms with Crippen LogP contribution in [0.15, 0.2) is 0 Å². The standard InChI is InChI=1S/C17H34N2O/c1-14(2)20-11-10-19-12-15(16(3,4)5)18-13-17(19)8-6-7-9-17/h14-15,18H,6-13H2,1-5H3. The van der Waals surface area contributed by atoms with Crippen molar-refractivity contribution in [3.8, 4) is 0 Å². The highest BCUT2D eigenvalue weighted by molar-refractivity contribution is 5.03. The largest absolute Gasteiger partial charge is 0.377 e. The van der Waals surface area contributed by atoms with Gasteiger partial charge in [0.2, 0.25) is 0 Å². The first-order valence-corrected chi connectivity index (χ1v) is 8.43. The molecular formula is C17H34N2O. The van der Waals surface area contributed by atoms with E-state index in [-0.39, 0.29) is 0 Å². The maximum absolute atomic E-state index is 5.81. The number of piperazine rings is 1. The maximum Gasteiger partial charge on any atom is 0.0597 e. The molecule has 1 aliphatic heterocycles. The zero-order valence-corrected chi connectivity index (χ0v) is 14.2. The van der Waals surface area contributed by atoms with Gasteiger partial charge in [-0.1, -0.05) is 33.6 Å². The van der Waals surface area contributed by atoms with E-state index in [1.807, 2.05) is 0 Å². The van der Waals surface area contributed by atoms with Crippen LogP contribution in [0.25, 0.3) is 0 Å². The van der Waals surface area contributed by atoms with Gasteiger partial charge < -0.3 is 10.1 Å². The second kappa shape index (κ2) is 6.33. The van der Waals surface area contributed by atoms with Crippen molar-refractivity contribution in [1.82, 2.24) is 10.2 Å². The molecular weight excluding hydrogens is 248 g/mol. The van der Waals surface area contributed by atoms with Crippen molar-refractivity contribution in [2.45, 2.75) is 78.0 Å². The monoisotopic (exact) mass is 282 g/mol. The van der Waals surface area contributed by atoms with Crippen LogP contribution in [0.4, 0.5) is 0 Å². The van der Waals surface area contributed by atoms with Gasteiger partial charge in [-0.2, -0.15) is 0 Å². The zero-order chi connectivity index (χ0) is 14.8. The highest BCUT2D eigenvalue weighted by atomic mass is 16.5. The van der Waals surface area contributed by atoms with E-state index in [9.17, 15) is 0 Å². The molecule has 0 aromatic carbocycles. The molecule has 1 aliphatic carbocycles. The molecule has 0 aromatic heterocycles. The second-order valence-electron chi connectivity index (χ2n) is 8.10. The summed E-state index contributed by atoms with van der Waals surface area (Å²) in [6, 6.07) is 0.591. The fourth-order valence-corrected chi connectivity index (χ4v) is 3.74. The lowest BCUT2D eigenvalue weighted by molar-refractivity contribution is -0.0151. The second-order valence-corrected chi connectivity index (χ2v) is 8.10. The lowest BCUT2D eigenvalue weighted by Crippen LogP contribution is -2.66. The van der Waals surface area contributed by atoms with Crippen molar-refractivity contribution in [2.24, 2.45) is 5.41 Å². The van der Waals surface area contributed by atoms with Gasteiger partial charge in [0.15, 0.2) is 0 Å². The third-order valence-corrected chi connectivity index (χ3v) is 5.14. The normalized spacial score (nSPS) is 27.6. The minimum absolute atomic E-state index is 0.331. The van der Waals surface area contributed by atoms with Gasteiger partial charge in [-0.25, -0.2) is 0 Å². The molecule has 0 aromatic rings. The smallest absolute Gasteiger partial charge is 0.0597 e. The molecule has 0 amide bonds. The minimum atomic E-state index is 0.331. The number of nitrogens with one attached hydrogen (secondary N) is 1. The molecule has 20 heavy (non-hydrogen) atoms. The third kappa shape index (κ3) is 3.75. The molecule has 1 spiro atoms. The van der Waals surface area contributed by atoms with Crippen molar-refractivity contribution in [2.75, 3.05) is 26.2 Å². The van der Waals surface area contributed by atoms with Crippen molar-refractivity contribution in [3.63, 3.8) is 0 Å². The van der Waals surface area contributed by atoms with Crippen LogP contribution in [0.5, 0.6) is 0 Å². The van der Waals surface area contributed by atoms with Crippen LogP contribution in [-0.4, -0.2) is 48.8 Å². The Hall–Kier alpha value is -0.120. The van der Waals surface area contributed by atoms with E-state index in [0.717, 1.165) is 19.7 Å². The molecule has 0 radical (unpaired) electrons. The molecule has 2 fully saturated rings. The first kappa shape index (κ1) is 16.3. The summed E-state index contributed by atoms with van der Waals surface area (Å²) < 4.78 is 5.81. The first-order valence-electron chi connectivity index (χ1n) is 8.43. The Bertz CT molecular complexity index is 303. The predicted octanol–water partition coefficient (Wildman–Crippen LogP) is 3.04. The Labute approximate surface area is 125 Å². The van der Waals surface area contributed by atoms with Crippen molar-refractivity contribution < 1.29 is 4.74 Å². The van der Waals surface area contributed by atoms with E-state index in [1.165, 1.54) is 32.2 Å². The van der Waals surface area contributed by atoms with E-state index < -0.39 is 0 Å². The maximum atomic E-state index is 5.81. The Morgan fingerprint density at radius 1 is 1.25 bits per heavy atom. The summed E-state index contributed by atoms with van der Waals surface area (Å²) >= 11 is 0. The lowest BCUT2D eigenvalue weighted by Gasteiger charge is -2.51. The van der Waals surface area contributed by atoms with Crippen LogP contribution in [0.3, 0.4) is 0 Å². The number of rotatable bonds is 4. The predicted molar refractivity (Wildman–Crippen MR) is 85.1 cm³/mol. The molecule has 1 unspecified atom stereocenters. The fourth-order valence-electron chi connectivity index (χ4n) is 3.74. The van der Waals surface area contributed by atoms with Gasteiger partial charge in [0.25, 0.3) is 0 Å². The molecule has 1 N–H and O–H groups in total. The van der Waals surface area contributed by atoms with Crippen molar-refractivity contribution >= 4 is 0 Å². The Morgan fingerprint density at radius 3 is 2.45 bits per heavy atom. The fraction of sp³-hybridized carbons (Fsp3) is 1.00. The molecule has 1 saturated carbocycles. The van der Waals surface area contributed by atoms with Gasteiger partial charge in [0, 0.05) is 31.2 Å². The molecule has 2 rings (SSSR count). The molecule has 1 heterocycles. The molecule has 1 saturated heterocycles. The van der Waals surface area contributed by atoms with Gasteiger partial charge in [-0.05, 0) is 32.1 Å². The van der Waals surface area contributed by atoms with Gasteiger partial charge >= 0.3 is 0 Å². The number of hydrogen-bond acceptors (Lipinski definition) is 3. The van der Waals surface area contributed by atoms with Crippen LogP contribution in [-0.2, 0) is 4.74 Å². The molecule has 118 valence electrons.